The molecule has 1 aromatic rings. The predicted molar refractivity (Wildman–Crippen MR) is 88.5 cm³/mol. The van der Waals surface area contributed by atoms with Crippen molar-refractivity contribution >= 4 is 6.03 Å². The van der Waals surface area contributed by atoms with Crippen LogP contribution in [0.25, 0.3) is 0 Å². The molecule has 0 aromatic carbocycles. The molecule has 1 fully saturated rings. The first-order chi connectivity index (χ1) is 10.5. The van der Waals surface area contributed by atoms with Crippen LogP contribution in [-0.4, -0.2) is 42.1 Å². The summed E-state index contributed by atoms with van der Waals surface area (Å²) in [7, 11) is 4.24. The average Bonchev–Trinajstić information content (AvgIpc) is 2.52. The first-order valence-electron chi connectivity index (χ1n) is 8.10. The first kappa shape index (κ1) is 16.7. The number of urea groups is 1. The van der Waals surface area contributed by atoms with E-state index in [4.69, 9.17) is 0 Å². The van der Waals surface area contributed by atoms with E-state index in [-0.39, 0.29) is 11.6 Å². The Morgan fingerprint density at radius 2 is 2.09 bits per heavy atom. The van der Waals surface area contributed by atoms with E-state index >= 15 is 0 Å². The second-order valence-electron chi connectivity index (χ2n) is 6.71. The number of likely N-dealkylation sites (N-methyl/N-ethyl adjacent to an activating group) is 1. The second kappa shape index (κ2) is 7.58. The molecule has 0 aliphatic heterocycles. The van der Waals surface area contributed by atoms with Crippen LogP contribution in [0.2, 0.25) is 0 Å². The van der Waals surface area contributed by atoms with Gasteiger partial charge in [-0.1, -0.05) is 19.8 Å². The summed E-state index contributed by atoms with van der Waals surface area (Å²) in [5, 5.41) is 5.97. The number of hydrogen-bond acceptors (Lipinski definition) is 3. The molecule has 5 heteroatoms. The monoisotopic (exact) mass is 304 g/mol. The third-order valence-corrected chi connectivity index (χ3v) is 4.80. The molecule has 2 N–H and O–H groups in total. The molecule has 2 unspecified atom stereocenters. The van der Waals surface area contributed by atoms with Crippen LogP contribution in [0.3, 0.4) is 0 Å². The van der Waals surface area contributed by atoms with Crippen LogP contribution in [0.4, 0.5) is 4.79 Å². The topological polar surface area (TPSA) is 57.3 Å². The first-order valence-corrected chi connectivity index (χ1v) is 8.10. The third kappa shape index (κ3) is 4.44. The molecule has 0 bridgehead atoms. The van der Waals surface area contributed by atoms with Gasteiger partial charge in [-0.2, -0.15) is 0 Å². The molecule has 1 aliphatic rings. The lowest BCUT2D eigenvalue weighted by atomic mass is 9.75. The molecule has 1 saturated carbocycles. The summed E-state index contributed by atoms with van der Waals surface area (Å²) in [5.74, 6) is 0.720. The molecule has 1 heterocycles. The van der Waals surface area contributed by atoms with Crippen molar-refractivity contribution in [3.63, 3.8) is 0 Å². The highest BCUT2D eigenvalue weighted by Gasteiger charge is 2.37. The summed E-state index contributed by atoms with van der Waals surface area (Å²) >= 11 is 0. The van der Waals surface area contributed by atoms with Crippen molar-refractivity contribution in [1.29, 1.82) is 0 Å². The van der Waals surface area contributed by atoms with Gasteiger partial charge >= 0.3 is 6.03 Å². The largest absolute Gasteiger partial charge is 0.336 e. The maximum absolute atomic E-state index is 12.0. The summed E-state index contributed by atoms with van der Waals surface area (Å²) in [6.45, 7) is 3.53. The van der Waals surface area contributed by atoms with Crippen molar-refractivity contribution in [3.05, 3.63) is 30.1 Å². The van der Waals surface area contributed by atoms with Crippen LogP contribution in [0.5, 0.6) is 0 Å². The Kier molecular flexibility index (Phi) is 5.77. The van der Waals surface area contributed by atoms with Crippen molar-refractivity contribution < 1.29 is 4.79 Å². The molecule has 0 spiro atoms. The Bertz CT molecular complexity index is 477. The lowest BCUT2D eigenvalue weighted by Crippen LogP contribution is -2.56. The van der Waals surface area contributed by atoms with Crippen molar-refractivity contribution in [2.45, 2.75) is 44.7 Å². The highest BCUT2D eigenvalue weighted by atomic mass is 16.2. The summed E-state index contributed by atoms with van der Waals surface area (Å²) in [4.78, 5) is 18.3. The molecule has 22 heavy (non-hydrogen) atoms. The average molecular weight is 304 g/mol. The SMILES string of the molecule is CC1CCCC(CNC(=O)NCc2ccncc2)(N(C)C)C1. The fourth-order valence-electron chi connectivity index (χ4n) is 3.35. The molecular weight excluding hydrogens is 276 g/mol. The number of pyridine rings is 1. The molecular formula is C17H28N4O. The standard InChI is InChI=1S/C17H28N4O/c1-14-5-4-8-17(11-14,21(2)3)13-20-16(22)19-12-15-6-9-18-10-7-15/h6-7,9-10,14H,4-5,8,11-13H2,1-3H3,(H2,19,20,22). The van der Waals surface area contributed by atoms with E-state index < -0.39 is 0 Å². The molecule has 0 radical (unpaired) electrons. The fourth-order valence-corrected chi connectivity index (χ4v) is 3.35. The van der Waals surface area contributed by atoms with Crippen molar-refractivity contribution in [2.24, 2.45) is 5.92 Å². The van der Waals surface area contributed by atoms with Crippen LogP contribution in [-0.2, 0) is 6.54 Å². The molecule has 2 amide bonds. The Balaban J connectivity index is 1.83. The van der Waals surface area contributed by atoms with Crippen LogP contribution in [0.15, 0.2) is 24.5 Å². The zero-order valence-electron chi connectivity index (χ0n) is 13.9. The molecule has 122 valence electrons. The minimum Gasteiger partial charge on any atom is -0.336 e. The van der Waals surface area contributed by atoms with Gasteiger partial charge in [0.15, 0.2) is 0 Å². The fraction of sp³-hybridized carbons (Fsp3) is 0.647. The number of aromatic nitrogens is 1. The van der Waals surface area contributed by atoms with Gasteiger partial charge in [0.2, 0.25) is 0 Å². The van der Waals surface area contributed by atoms with Crippen molar-refractivity contribution in [3.8, 4) is 0 Å². The van der Waals surface area contributed by atoms with E-state index in [1.807, 2.05) is 12.1 Å². The number of nitrogens with one attached hydrogen (secondary N) is 2. The summed E-state index contributed by atoms with van der Waals surface area (Å²) < 4.78 is 0. The van der Waals surface area contributed by atoms with Gasteiger partial charge in [0.05, 0.1) is 0 Å². The summed E-state index contributed by atoms with van der Waals surface area (Å²) in [6.07, 6.45) is 8.29. The molecule has 5 nitrogen and oxygen atoms in total. The minimum atomic E-state index is -0.101. The van der Waals surface area contributed by atoms with Gasteiger partial charge in [0.1, 0.15) is 0 Å². The second-order valence-corrected chi connectivity index (χ2v) is 6.71. The Morgan fingerprint density at radius 1 is 1.36 bits per heavy atom. The molecule has 0 saturated heterocycles. The maximum Gasteiger partial charge on any atom is 0.315 e. The molecule has 1 aliphatic carbocycles. The predicted octanol–water partition coefficient (Wildman–Crippen LogP) is 2.39. The quantitative estimate of drug-likeness (QED) is 0.878. The zero-order chi connectivity index (χ0) is 16.0. The number of carbonyl (C=O) groups is 1. The summed E-state index contributed by atoms with van der Waals surface area (Å²) in [6, 6.07) is 3.71. The van der Waals surface area contributed by atoms with Crippen LogP contribution in [0.1, 0.15) is 38.2 Å². The van der Waals surface area contributed by atoms with Crippen molar-refractivity contribution in [1.82, 2.24) is 20.5 Å². The van der Waals surface area contributed by atoms with Gasteiger partial charge in [-0.15, -0.1) is 0 Å². The van der Waals surface area contributed by atoms with Gasteiger partial charge in [-0.25, -0.2) is 4.79 Å². The van der Waals surface area contributed by atoms with E-state index in [1.165, 1.54) is 12.8 Å². The van der Waals surface area contributed by atoms with Crippen LogP contribution in [0, 0.1) is 5.92 Å². The van der Waals surface area contributed by atoms with Crippen LogP contribution < -0.4 is 10.6 Å². The maximum atomic E-state index is 12.0. The van der Waals surface area contributed by atoms with Gasteiger partial charge < -0.3 is 15.5 Å². The van der Waals surface area contributed by atoms with E-state index in [9.17, 15) is 4.79 Å². The number of amides is 2. The molecule has 2 rings (SSSR count). The van der Waals surface area contributed by atoms with E-state index in [0.29, 0.717) is 13.1 Å². The van der Waals surface area contributed by atoms with Crippen molar-refractivity contribution in [2.75, 3.05) is 20.6 Å². The minimum absolute atomic E-state index is 0.0890. The number of hydrogen-bond donors (Lipinski definition) is 2. The number of rotatable bonds is 5. The summed E-state index contributed by atoms with van der Waals surface area (Å²) in [5.41, 5.74) is 1.14. The normalized spacial score (nSPS) is 25.0. The number of nitrogens with zero attached hydrogens (tertiary/aromatic N) is 2. The Labute approximate surface area is 133 Å². The van der Waals surface area contributed by atoms with Gasteiger partial charge in [-0.3, -0.25) is 4.98 Å². The van der Waals surface area contributed by atoms with Gasteiger partial charge in [0.25, 0.3) is 0 Å². The highest BCUT2D eigenvalue weighted by molar-refractivity contribution is 5.73. The third-order valence-electron chi connectivity index (χ3n) is 4.80. The smallest absolute Gasteiger partial charge is 0.315 e. The van der Waals surface area contributed by atoms with E-state index in [1.54, 1.807) is 12.4 Å². The van der Waals surface area contributed by atoms with E-state index in [2.05, 4.69) is 41.5 Å². The van der Waals surface area contributed by atoms with E-state index in [0.717, 1.165) is 24.3 Å². The Hall–Kier alpha value is -1.62. The van der Waals surface area contributed by atoms with Gasteiger partial charge in [0, 0.05) is 31.0 Å². The molecule has 2 atom stereocenters. The lowest BCUT2D eigenvalue weighted by molar-refractivity contribution is 0.0773. The Morgan fingerprint density at radius 3 is 2.73 bits per heavy atom. The number of carbonyl (C=O) groups excluding carboxylic acids is 1. The lowest BCUT2D eigenvalue weighted by Gasteiger charge is -2.45. The molecule has 1 aromatic heterocycles. The van der Waals surface area contributed by atoms with Crippen LogP contribution >= 0.6 is 0 Å². The van der Waals surface area contributed by atoms with Gasteiger partial charge in [-0.05, 0) is 50.6 Å². The zero-order valence-corrected chi connectivity index (χ0v) is 13.9. The highest BCUT2D eigenvalue weighted by Crippen LogP contribution is 2.35.